The van der Waals surface area contributed by atoms with Gasteiger partial charge in [0.2, 0.25) is 5.69 Å². The maximum atomic E-state index is 11.3. The van der Waals surface area contributed by atoms with Crippen molar-refractivity contribution in [2.24, 2.45) is 0 Å². The fourth-order valence-electron chi connectivity index (χ4n) is 1.56. The van der Waals surface area contributed by atoms with Crippen molar-refractivity contribution in [2.45, 2.75) is 20.4 Å². The minimum absolute atomic E-state index is 0.00394. The van der Waals surface area contributed by atoms with Gasteiger partial charge in [0, 0.05) is 5.56 Å². The maximum Gasteiger partial charge on any atom is 0.362 e. The molecule has 0 aliphatic carbocycles. The second-order valence-corrected chi connectivity index (χ2v) is 3.78. The minimum Gasteiger partial charge on any atom is -0.464 e. The molecule has 0 spiro atoms. The molecule has 0 aliphatic heterocycles. The summed E-state index contributed by atoms with van der Waals surface area (Å²) in [6.45, 7) is 3.96. The Morgan fingerprint density at radius 2 is 2.22 bits per heavy atom. The molecule has 8 heteroatoms. The van der Waals surface area contributed by atoms with Gasteiger partial charge in [0.1, 0.15) is 5.76 Å². The summed E-state index contributed by atoms with van der Waals surface area (Å²) < 4.78 is 11.0. The summed E-state index contributed by atoms with van der Waals surface area (Å²) >= 11 is 0. The molecule has 2 heterocycles. The van der Waals surface area contributed by atoms with Crippen molar-refractivity contribution in [1.82, 2.24) is 20.2 Å². The molecule has 0 aliphatic rings. The van der Waals surface area contributed by atoms with E-state index in [1.165, 1.54) is 11.8 Å². The lowest BCUT2D eigenvalue weighted by atomic mass is 10.2. The van der Waals surface area contributed by atoms with E-state index in [0.29, 0.717) is 12.3 Å². The van der Waals surface area contributed by atoms with Crippen LogP contribution in [0.25, 0.3) is 0 Å². The average Bonchev–Trinajstić information content (AvgIpc) is 2.87. The van der Waals surface area contributed by atoms with E-state index in [1.54, 1.807) is 6.92 Å². The number of nitrogens with two attached hydrogens (primary N) is 1. The number of ether oxygens (including phenoxy) is 1. The van der Waals surface area contributed by atoms with E-state index in [0.717, 1.165) is 11.3 Å². The van der Waals surface area contributed by atoms with Crippen LogP contribution in [0.2, 0.25) is 0 Å². The second-order valence-electron chi connectivity index (χ2n) is 3.78. The van der Waals surface area contributed by atoms with Gasteiger partial charge in [0.25, 0.3) is 0 Å². The molecular weight excluding hydrogens is 238 g/mol. The van der Waals surface area contributed by atoms with E-state index >= 15 is 0 Å². The van der Waals surface area contributed by atoms with Gasteiger partial charge < -0.3 is 15.0 Å². The van der Waals surface area contributed by atoms with Crippen LogP contribution < -0.4 is 5.73 Å². The van der Waals surface area contributed by atoms with Crippen LogP contribution in [-0.2, 0) is 11.3 Å². The number of methoxy groups -OCH3 is 1. The SMILES string of the molecule is COC(=O)c1nnn(Cc2c(C)noc2C)c1N. The molecule has 0 fully saturated rings. The summed E-state index contributed by atoms with van der Waals surface area (Å²) in [5, 5.41) is 11.3. The number of hydrogen-bond donors (Lipinski definition) is 1. The molecule has 2 aromatic rings. The van der Waals surface area contributed by atoms with E-state index in [-0.39, 0.29) is 11.5 Å². The van der Waals surface area contributed by atoms with Gasteiger partial charge >= 0.3 is 5.97 Å². The molecule has 0 saturated carbocycles. The molecule has 96 valence electrons. The number of anilines is 1. The van der Waals surface area contributed by atoms with Crippen LogP contribution in [0.15, 0.2) is 4.52 Å². The molecule has 18 heavy (non-hydrogen) atoms. The third-order valence-corrected chi connectivity index (χ3v) is 2.64. The smallest absolute Gasteiger partial charge is 0.362 e. The highest BCUT2D eigenvalue weighted by atomic mass is 16.5. The standard InChI is InChI=1S/C10H13N5O3/c1-5-7(6(2)18-13-5)4-15-9(11)8(12-14-15)10(16)17-3/h4,11H2,1-3H3. The first kappa shape index (κ1) is 12.1. The maximum absolute atomic E-state index is 11.3. The Morgan fingerprint density at radius 3 is 2.78 bits per heavy atom. The lowest BCUT2D eigenvalue weighted by molar-refractivity contribution is 0.0595. The third-order valence-electron chi connectivity index (χ3n) is 2.64. The van der Waals surface area contributed by atoms with Gasteiger partial charge in [-0.25, -0.2) is 9.48 Å². The third kappa shape index (κ3) is 1.92. The van der Waals surface area contributed by atoms with Crippen LogP contribution in [0.1, 0.15) is 27.5 Å². The number of carbonyl (C=O) groups excluding carboxylic acids is 1. The summed E-state index contributed by atoms with van der Waals surface area (Å²) in [5.74, 6) is 0.224. The van der Waals surface area contributed by atoms with E-state index < -0.39 is 5.97 Å². The Hall–Kier alpha value is -2.38. The number of esters is 1. The van der Waals surface area contributed by atoms with Gasteiger partial charge in [-0.2, -0.15) is 0 Å². The first-order chi connectivity index (χ1) is 8.54. The summed E-state index contributed by atoms with van der Waals surface area (Å²) in [6, 6.07) is 0. The zero-order valence-corrected chi connectivity index (χ0v) is 10.3. The van der Waals surface area contributed by atoms with Crippen LogP contribution in [-0.4, -0.2) is 33.2 Å². The lowest BCUT2D eigenvalue weighted by Gasteiger charge is -2.02. The molecule has 0 radical (unpaired) electrons. The van der Waals surface area contributed by atoms with Crippen molar-refractivity contribution in [2.75, 3.05) is 12.8 Å². The fraction of sp³-hybridized carbons (Fsp3) is 0.400. The number of aromatic nitrogens is 4. The van der Waals surface area contributed by atoms with Crippen LogP contribution in [0, 0.1) is 13.8 Å². The Morgan fingerprint density at radius 1 is 1.50 bits per heavy atom. The number of nitrogen functional groups attached to an aromatic ring is 1. The van der Waals surface area contributed by atoms with Gasteiger partial charge in [0.05, 0.1) is 19.3 Å². The van der Waals surface area contributed by atoms with Crippen molar-refractivity contribution in [3.05, 3.63) is 22.7 Å². The second kappa shape index (κ2) is 4.47. The summed E-state index contributed by atoms with van der Waals surface area (Å²) in [6.07, 6.45) is 0. The van der Waals surface area contributed by atoms with Crippen molar-refractivity contribution in [3.8, 4) is 0 Å². The molecule has 0 bridgehead atoms. The summed E-state index contributed by atoms with van der Waals surface area (Å²) in [7, 11) is 1.26. The van der Waals surface area contributed by atoms with Gasteiger partial charge in [-0.05, 0) is 13.8 Å². The normalized spacial score (nSPS) is 10.6. The predicted molar refractivity (Wildman–Crippen MR) is 60.9 cm³/mol. The minimum atomic E-state index is -0.613. The molecule has 2 rings (SSSR count). The molecule has 0 amide bonds. The Labute approximate surface area is 103 Å². The largest absolute Gasteiger partial charge is 0.464 e. The molecule has 0 atom stereocenters. The summed E-state index contributed by atoms with van der Waals surface area (Å²) in [5.41, 5.74) is 7.40. The highest BCUT2D eigenvalue weighted by Gasteiger charge is 2.19. The number of rotatable bonds is 3. The Balaban J connectivity index is 2.31. The first-order valence-electron chi connectivity index (χ1n) is 5.23. The van der Waals surface area contributed by atoms with E-state index in [2.05, 4.69) is 20.2 Å². The monoisotopic (exact) mass is 251 g/mol. The van der Waals surface area contributed by atoms with Gasteiger partial charge in [0.15, 0.2) is 5.82 Å². The van der Waals surface area contributed by atoms with Crippen molar-refractivity contribution < 1.29 is 14.1 Å². The van der Waals surface area contributed by atoms with Crippen LogP contribution in [0.3, 0.4) is 0 Å². The van der Waals surface area contributed by atoms with Crippen LogP contribution in [0.5, 0.6) is 0 Å². The number of carbonyl (C=O) groups is 1. The topological polar surface area (TPSA) is 109 Å². The fourth-order valence-corrected chi connectivity index (χ4v) is 1.56. The molecule has 0 saturated heterocycles. The quantitative estimate of drug-likeness (QED) is 0.781. The summed E-state index contributed by atoms with van der Waals surface area (Å²) in [4.78, 5) is 11.3. The first-order valence-corrected chi connectivity index (χ1v) is 5.23. The average molecular weight is 251 g/mol. The van der Waals surface area contributed by atoms with Crippen molar-refractivity contribution >= 4 is 11.8 Å². The van der Waals surface area contributed by atoms with Crippen molar-refractivity contribution in [3.63, 3.8) is 0 Å². The van der Waals surface area contributed by atoms with Crippen molar-refractivity contribution in [1.29, 1.82) is 0 Å². The molecule has 0 aromatic carbocycles. The zero-order valence-electron chi connectivity index (χ0n) is 10.3. The lowest BCUT2D eigenvalue weighted by Crippen LogP contribution is -2.10. The zero-order chi connectivity index (χ0) is 13.3. The Bertz CT molecular complexity index is 567. The molecule has 8 nitrogen and oxygen atoms in total. The van der Waals surface area contributed by atoms with E-state index in [1.807, 2.05) is 6.92 Å². The van der Waals surface area contributed by atoms with Gasteiger partial charge in [-0.1, -0.05) is 10.4 Å². The molecule has 2 aromatic heterocycles. The molecule has 2 N–H and O–H groups in total. The van der Waals surface area contributed by atoms with Crippen LogP contribution >= 0.6 is 0 Å². The van der Waals surface area contributed by atoms with E-state index in [9.17, 15) is 4.79 Å². The van der Waals surface area contributed by atoms with Crippen LogP contribution in [0.4, 0.5) is 5.82 Å². The highest BCUT2D eigenvalue weighted by molar-refractivity contribution is 5.91. The number of nitrogens with zero attached hydrogens (tertiary/aromatic N) is 4. The highest BCUT2D eigenvalue weighted by Crippen LogP contribution is 2.16. The van der Waals surface area contributed by atoms with E-state index in [4.69, 9.17) is 10.3 Å². The predicted octanol–water partition coefficient (Wildman–Crippen LogP) is 0.300. The number of aryl methyl sites for hydroxylation is 2. The number of hydrogen-bond acceptors (Lipinski definition) is 7. The Kier molecular flexibility index (Phi) is 3.00. The van der Waals surface area contributed by atoms with Gasteiger partial charge in [-0.15, -0.1) is 5.10 Å². The molecule has 0 unspecified atom stereocenters. The molecular formula is C10H13N5O3. The van der Waals surface area contributed by atoms with Gasteiger partial charge in [-0.3, -0.25) is 0 Å².